The van der Waals surface area contributed by atoms with Crippen molar-refractivity contribution >= 4 is 11.3 Å². The molecule has 0 spiro atoms. The van der Waals surface area contributed by atoms with E-state index in [-0.39, 0.29) is 0 Å². The van der Waals surface area contributed by atoms with Crippen LogP contribution in [0.3, 0.4) is 0 Å². The summed E-state index contributed by atoms with van der Waals surface area (Å²) in [4.78, 5) is 7.45. The van der Waals surface area contributed by atoms with Gasteiger partial charge in [0.25, 0.3) is 0 Å². The summed E-state index contributed by atoms with van der Waals surface area (Å²) < 4.78 is 0. The summed E-state index contributed by atoms with van der Waals surface area (Å²) in [6.07, 6.45) is 1.08. The lowest BCUT2D eigenvalue weighted by atomic mass is 9.99. The molecule has 0 fully saturated rings. The Kier molecular flexibility index (Phi) is 5.17. The lowest BCUT2D eigenvalue weighted by Crippen LogP contribution is -2.31. The molecule has 0 bridgehead atoms. The van der Waals surface area contributed by atoms with Gasteiger partial charge in [0.05, 0.1) is 0 Å². The molecule has 2 unspecified atom stereocenters. The summed E-state index contributed by atoms with van der Waals surface area (Å²) in [5.74, 6) is 0. The fourth-order valence-corrected chi connectivity index (χ4v) is 4.17. The van der Waals surface area contributed by atoms with Gasteiger partial charge in [0.1, 0.15) is 0 Å². The van der Waals surface area contributed by atoms with E-state index in [0.717, 1.165) is 17.8 Å². The first kappa shape index (κ1) is 16.2. The Balaban J connectivity index is 2.05. The Bertz CT molecular complexity index is 592. The molecule has 2 aromatic rings. The van der Waals surface area contributed by atoms with Crippen molar-refractivity contribution < 1.29 is 0 Å². The SMILES string of the molecule is Cc1cc(C)c(C(C)NC(C)Cc2ccc(C)s2)c(C)n1. The van der Waals surface area contributed by atoms with E-state index in [0.29, 0.717) is 12.1 Å². The first-order chi connectivity index (χ1) is 9.86. The maximum atomic E-state index is 4.61. The second-order valence-electron chi connectivity index (χ2n) is 6.09. The average Bonchev–Trinajstić information content (AvgIpc) is 2.72. The van der Waals surface area contributed by atoms with Crippen LogP contribution in [0.2, 0.25) is 0 Å². The molecule has 3 heteroatoms. The third-order valence-corrected chi connectivity index (χ3v) is 4.88. The summed E-state index contributed by atoms with van der Waals surface area (Å²) in [5.41, 5.74) is 4.92. The van der Waals surface area contributed by atoms with Crippen molar-refractivity contribution in [2.24, 2.45) is 0 Å². The van der Waals surface area contributed by atoms with E-state index < -0.39 is 0 Å². The van der Waals surface area contributed by atoms with Crippen LogP contribution < -0.4 is 5.32 Å². The van der Waals surface area contributed by atoms with Crippen molar-refractivity contribution in [3.8, 4) is 0 Å². The van der Waals surface area contributed by atoms with Gasteiger partial charge in [0, 0.05) is 33.2 Å². The van der Waals surface area contributed by atoms with Gasteiger partial charge < -0.3 is 5.32 Å². The molecular formula is C18H26N2S. The highest BCUT2D eigenvalue weighted by molar-refractivity contribution is 7.11. The summed E-state index contributed by atoms with van der Waals surface area (Å²) in [7, 11) is 0. The minimum atomic E-state index is 0.328. The lowest BCUT2D eigenvalue weighted by Gasteiger charge is -2.23. The van der Waals surface area contributed by atoms with Gasteiger partial charge in [-0.2, -0.15) is 0 Å². The molecule has 0 saturated heterocycles. The van der Waals surface area contributed by atoms with Gasteiger partial charge in [0.15, 0.2) is 0 Å². The van der Waals surface area contributed by atoms with Crippen LogP contribution in [0.1, 0.15) is 52.2 Å². The predicted octanol–water partition coefficient (Wildman–Crippen LogP) is 4.66. The molecule has 0 aromatic carbocycles. The van der Waals surface area contributed by atoms with Crippen LogP contribution in [-0.4, -0.2) is 11.0 Å². The molecule has 2 atom stereocenters. The summed E-state index contributed by atoms with van der Waals surface area (Å²) in [5, 5.41) is 3.72. The first-order valence-corrected chi connectivity index (χ1v) is 8.44. The molecule has 0 amide bonds. The number of nitrogens with zero attached hydrogens (tertiary/aromatic N) is 1. The van der Waals surface area contributed by atoms with Crippen LogP contribution in [-0.2, 0) is 6.42 Å². The Hall–Kier alpha value is -1.19. The van der Waals surface area contributed by atoms with Crippen molar-refractivity contribution in [2.45, 2.75) is 60.0 Å². The van der Waals surface area contributed by atoms with Gasteiger partial charge in [-0.15, -0.1) is 11.3 Å². The minimum absolute atomic E-state index is 0.328. The second kappa shape index (κ2) is 6.71. The minimum Gasteiger partial charge on any atom is -0.307 e. The summed E-state index contributed by atoms with van der Waals surface area (Å²) in [6, 6.07) is 7.40. The lowest BCUT2D eigenvalue weighted by molar-refractivity contribution is 0.475. The van der Waals surface area contributed by atoms with Gasteiger partial charge in [-0.3, -0.25) is 4.98 Å². The molecule has 2 rings (SSSR count). The van der Waals surface area contributed by atoms with Crippen LogP contribution >= 0.6 is 11.3 Å². The maximum absolute atomic E-state index is 4.61. The third kappa shape index (κ3) is 4.14. The van der Waals surface area contributed by atoms with Crippen LogP contribution in [0.4, 0.5) is 0 Å². The Morgan fingerprint density at radius 1 is 1.14 bits per heavy atom. The molecule has 2 aromatic heterocycles. The number of rotatable bonds is 5. The van der Waals surface area contributed by atoms with Crippen molar-refractivity contribution in [1.82, 2.24) is 10.3 Å². The van der Waals surface area contributed by atoms with Gasteiger partial charge >= 0.3 is 0 Å². The average molecular weight is 302 g/mol. The monoisotopic (exact) mass is 302 g/mol. The zero-order valence-electron chi connectivity index (χ0n) is 13.9. The van der Waals surface area contributed by atoms with E-state index in [1.807, 2.05) is 11.3 Å². The quantitative estimate of drug-likeness (QED) is 0.869. The zero-order chi connectivity index (χ0) is 15.6. The second-order valence-corrected chi connectivity index (χ2v) is 7.46. The van der Waals surface area contributed by atoms with E-state index in [1.54, 1.807) is 0 Å². The predicted molar refractivity (Wildman–Crippen MR) is 92.2 cm³/mol. The van der Waals surface area contributed by atoms with Crippen molar-refractivity contribution in [2.75, 3.05) is 0 Å². The van der Waals surface area contributed by atoms with Crippen LogP contribution in [0.5, 0.6) is 0 Å². The summed E-state index contributed by atoms with van der Waals surface area (Å²) >= 11 is 1.89. The fraction of sp³-hybridized carbons (Fsp3) is 0.500. The molecule has 2 nitrogen and oxygen atoms in total. The van der Waals surface area contributed by atoms with Crippen molar-refractivity contribution in [1.29, 1.82) is 0 Å². The number of thiophene rings is 1. The Morgan fingerprint density at radius 3 is 2.43 bits per heavy atom. The van der Waals surface area contributed by atoms with E-state index in [1.165, 1.54) is 20.9 Å². The highest BCUT2D eigenvalue weighted by Gasteiger charge is 2.15. The number of aryl methyl sites for hydroxylation is 4. The first-order valence-electron chi connectivity index (χ1n) is 7.63. The number of hydrogen-bond acceptors (Lipinski definition) is 3. The van der Waals surface area contributed by atoms with E-state index in [9.17, 15) is 0 Å². The molecule has 0 radical (unpaired) electrons. The van der Waals surface area contributed by atoms with Gasteiger partial charge in [-0.05, 0) is 77.3 Å². The van der Waals surface area contributed by atoms with Gasteiger partial charge in [-0.25, -0.2) is 0 Å². The normalized spacial score (nSPS) is 14.2. The number of aromatic nitrogens is 1. The van der Waals surface area contributed by atoms with Crippen molar-refractivity contribution in [3.05, 3.63) is 50.5 Å². The van der Waals surface area contributed by atoms with Crippen molar-refractivity contribution in [3.63, 3.8) is 0 Å². The molecule has 114 valence electrons. The molecule has 0 aliphatic rings. The fourth-order valence-electron chi connectivity index (χ4n) is 3.15. The molecular weight excluding hydrogens is 276 g/mol. The Labute approximate surface area is 132 Å². The van der Waals surface area contributed by atoms with Crippen LogP contribution in [0, 0.1) is 27.7 Å². The number of nitrogens with one attached hydrogen (secondary N) is 1. The highest BCUT2D eigenvalue weighted by Crippen LogP contribution is 2.23. The van der Waals surface area contributed by atoms with Gasteiger partial charge in [0.2, 0.25) is 0 Å². The number of pyridine rings is 1. The highest BCUT2D eigenvalue weighted by atomic mass is 32.1. The molecule has 0 saturated carbocycles. The number of hydrogen-bond donors (Lipinski definition) is 1. The maximum Gasteiger partial charge on any atom is 0.0426 e. The molecule has 0 aliphatic heterocycles. The molecule has 1 N–H and O–H groups in total. The van der Waals surface area contributed by atoms with E-state index >= 15 is 0 Å². The largest absolute Gasteiger partial charge is 0.307 e. The molecule has 2 heterocycles. The van der Waals surface area contributed by atoms with E-state index in [2.05, 4.69) is 70.0 Å². The third-order valence-electron chi connectivity index (χ3n) is 3.85. The topological polar surface area (TPSA) is 24.9 Å². The molecule has 21 heavy (non-hydrogen) atoms. The van der Waals surface area contributed by atoms with E-state index in [4.69, 9.17) is 0 Å². The Morgan fingerprint density at radius 2 is 1.86 bits per heavy atom. The standard InChI is InChI=1S/C18H26N2S/c1-11-9-12(2)19-15(5)18(11)16(6)20-13(3)10-17-8-7-14(4)21-17/h7-9,13,16,20H,10H2,1-6H3. The van der Waals surface area contributed by atoms with Crippen LogP contribution in [0.15, 0.2) is 18.2 Å². The zero-order valence-corrected chi connectivity index (χ0v) is 14.8. The molecule has 0 aliphatic carbocycles. The van der Waals surface area contributed by atoms with Crippen LogP contribution in [0.25, 0.3) is 0 Å². The van der Waals surface area contributed by atoms with Gasteiger partial charge in [-0.1, -0.05) is 0 Å². The summed E-state index contributed by atoms with van der Waals surface area (Å²) in [6.45, 7) is 13.0. The smallest absolute Gasteiger partial charge is 0.0426 e.